The third-order valence-electron chi connectivity index (χ3n) is 11.4. The fraction of sp³-hybridized carbons (Fsp3) is 0.326. The Morgan fingerprint density at radius 1 is 0.754 bits per heavy atom. The van der Waals surface area contributed by atoms with Gasteiger partial charge in [-0.2, -0.15) is 0 Å². The number of aromatic nitrogens is 5. The number of carbonyl (C=O) groups excluding carboxylic acids is 4. The van der Waals surface area contributed by atoms with E-state index >= 15 is 0 Å². The number of H-pyrrole nitrogens is 2. The Kier molecular flexibility index (Phi) is 11.7. The van der Waals surface area contributed by atoms with Gasteiger partial charge in [0.1, 0.15) is 29.4 Å². The maximum absolute atomic E-state index is 13.9. The van der Waals surface area contributed by atoms with Gasteiger partial charge in [-0.1, -0.05) is 56.2 Å². The van der Waals surface area contributed by atoms with Crippen molar-refractivity contribution in [3.63, 3.8) is 0 Å². The molecule has 2 saturated heterocycles. The Bertz CT molecular complexity index is 2660. The minimum absolute atomic E-state index is 0.120. The maximum Gasteiger partial charge on any atom is 0.407 e. The standard InChI is InChI=1S/C46H47N9O6/c1-27(2)39(52-45(58)60-3)43(56)55-23-9-13-38(55)42-49-34-20-15-28(24-35(34)50-42)14-18-32-19-16-30-25-31(17-21-33(30)48-32)36-26-47-41(51-36)37-12-8-22-54(37)44(57)40(53-46(59)61-4)29-10-6-5-7-11-29/h5-7,10-11,15-17,19-21,24-27,37-40H,8-9,12-13,22-23H2,1-4H3,(H,47,51)(H,49,50)(H,52,58)(H,53,59). The quantitative estimate of drug-likeness (QED) is 0.115. The molecule has 61 heavy (non-hydrogen) atoms. The molecule has 5 heterocycles. The van der Waals surface area contributed by atoms with E-state index in [-0.39, 0.29) is 29.8 Å². The highest BCUT2D eigenvalue weighted by Gasteiger charge is 2.39. The summed E-state index contributed by atoms with van der Waals surface area (Å²) in [6.45, 7) is 4.90. The fourth-order valence-electron chi connectivity index (χ4n) is 8.20. The highest BCUT2D eigenvalue weighted by atomic mass is 16.5. The molecule has 2 aliphatic heterocycles. The number of nitrogens with one attached hydrogen (secondary N) is 4. The number of rotatable bonds is 9. The van der Waals surface area contributed by atoms with Gasteiger partial charge in [-0.15, -0.1) is 0 Å². The van der Waals surface area contributed by atoms with Crippen LogP contribution < -0.4 is 10.6 Å². The molecule has 0 aliphatic carbocycles. The number of pyridine rings is 1. The topological polar surface area (TPSA) is 188 Å². The van der Waals surface area contributed by atoms with Gasteiger partial charge in [-0.25, -0.2) is 24.5 Å². The number of alkyl carbamates (subject to hydrolysis) is 2. The van der Waals surface area contributed by atoms with Crippen LogP contribution in [0.15, 0.2) is 85.1 Å². The van der Waals surface area contributed by atoms with Crippen molar-refractivity contribution < 1.29 is 28.7 Å². The van der Waals surface area contributed by atoms with Crippen LogP contribution in [0, 0.1) is 17.8 Å². The van der Waals surface area contributed by atoms with E-state index in [0.29, 0.717) is 36.0 Å². The van der Waals surface area contributed by atoms with Gasteiger partial charge in [0.15, 0.2) is 0 Å². The van der Waals surface area contributed by atoms with Gasteiger partial charge in [0.25, 0.3) is 5.91 Å². The Hall–Kier alpha value is -7.21. The second-order valence-electron chi connectivity index (χ2n) is 15.6. The number of hydrogen-bond donors (Lipinski definition) is 4. The van der Waals surface area contributed by atoms with Gasteiger partial charge in [-0.3, -0.25) is 9.59 Å². The second-order valence-corrected chi connectivity index (χ2v) is 15.6. The summed E-state index contributed by atoms with van der Waals surface area (Å²) in [7, 11) is 2.56. The van der Waals surface area contributed by atoms with Crippen molar-refractivity contribution in [1.82, 2.24) is 45.4 Å². The van der Waals surface area contributed by atoms with Crippen molar-refractivity contribution in [2.24, 2.45) is 5.92 Å². The lowest BCUT2D eigenvalue weighted by Crippen LogP contribution is -2.51. The van der Waals surface area contributed by atoms with E-state index in [2.05, 4.69) is 32.4 Å². The van der Waals surface area contributed by atoms with Gasteiger partial charge in [-0.05, 0) is 85.5 Å². The number of amides is 4. The van der Waals surface area contributed by atoms with E-state index < -0.39 is 24.3 Å². The fourth-order valence-corrected chi connectivity index (χ4v) is 8.20. The first kappa shape index (κ1) is 40.6. The molecule has 8 rings (SSSR count). The molecule has 6 aromatic rings. The molecule has 4 amide bonds. The van der Waals surface area contributed by atoms with Crippen molar-refractivity contribution in [3.8, 4) is 23.1 Å². The van der Waals surface area contributed by atoms with E-state index in [0.717, 1.165) is 64.4 Å². The lowest BCUT2D eigenvalue weighted by atomic mass is 10.0. The Balaban J connectivity index is 0.954. The number of benzene rings is 3. The minimum atomic E-state index is -0.892. The lowest BCUT2D eigenvalue weighted by Gasteiger charge is -2.29. The van der Waals surface area contributed by atoms with E-state index in [1.807, 2.05) is 92.7 Å². The first-order valence-corrected chi connectivity index (χ1v) is 20.4. The summed E-state index contributed by atoms with van der Waals surface area (Å²) in [5.74, 6) is 7.31. The van der Waals surface area contributed by atoms with E-state index in [9.17, 15) is 19.2 Å². The SMILES string of the molecule is COC(=O)NC(C(=O)N1CCCC1c1ncc(-c2ccc3nc(C#Cc4ccc5nc(C6CCCN6C(=O)C(NC(=O)OC)C(C)C)[nH]c5c4)ccc3c2)[nH]1)c1ccccc1. The van der Waals surface area contributed by atoms with Crippen molar-refractivity contribution >= 4 is 45.9 Å². The summed E-state index contributed by atoms with van der Waals surface area (Å²) in [6.07, 6.45) is 3.60. The normalized spacial score (nSPS) is 17.2. The highest BCUT2D eigenvalue weighted by Crippen LogP contribution is 2.35. The van der Waals surface area contributed by atoms with Crippen LogP contribution in [0.25, 0.3) is 33.2 Å². The van der Waals surface area contributed by atoms with Crippen molar-refractivity contribution in [3.05, 3.63) is 114 Å². The summed E-state index contributed by atoms with van der Waals surface area (Å²) in [4.78, 5) is 76.5. The number of carbonyl (C=O) groups is 4. The first-order chi connectivity index (χ1) is 29.6. The molecule has 2 aliphatic rings. The average molecular weight is 822 g/mol. The molecule has 3 aromatic carbocycles. The summed E-state index contributed by atoms with van der Waals surface area (Å²) in [5, 5.41) is 6.33. The number of fused-ring (bicyclic) bond motifs is 2. The largest absolute Gasteiger partial charge is 0.453 e. The van der Waals surface area contributed by atoms with Gasteiger partial charge < -0.3 is 39.9 Å². The first-order valence-electron chi connectivity index (χ1n) is 20.4. The van der Waals surface area contributed by atoms with Gasteiger partial charge >= 0.3 is 12.2 Å². The summed E-state index contributed by atoms with van der Waals surface area (Å²) >= 11 is 0. The van der Waals surface area contributed by atoms with Crippen LogP contribution in [-0.2, 0) is 19.1 Å². The van der Waals surface area contributed by atoms with Crippen LogP contribution >= 0.6 is 0 Å². The van der Waals surface area contributed by atoms with Crippen molar-refractivity contribution in [2.45, 2.75) is 63.7 Å². The smallest absolute Gasteiger partial charge is 0.407 e. The zero-order valence-electron chi connectivity index (χ0n) is 34.4. The van der Waals surface area contributed by atoms with Crippen molar-refractivity contribution in [2.75, 3.05) is 27.3 Å². The number of ether oxygens (including phenoxy) is 2. The Morgan fingerprint density at radius 3 is 2.20 bits per heavy atom. The predicted octanol–water partition coefficient (Wildman–Crippen LogP) is 6.71. The van der Waals surface area contributed by atoms with Crippen molar-refractivity contribution in [1.29, 1.82) is 0 Å². The van der Waals surface area contributed by atoms with Crippen LogP contribution in [0.2, 0.25) is 0 Å². The molecule has 4 N–H and O–H groups in total. The third kappa shape index (κ3) is 8.61. The molecule has 4 atom stereocenters. The van der Waals surface area contributed by atoms with Crippen LogP contribution in [0.5, 0.6) is 0 Å². The number of hydrogen-bond acceptors (Lipinski definition) is 9. The van der Waals surface area contributed by atoms with Crippen LogP contribution in [-0.4, -0.2) is 92.1 Å². The molecule has 0 spiro atoms. The molecule has 3 aromatic heterocycles. The third-order valence-corrected chi connectivity index (χ3v) is 11.4. The number of methoxy groups -OCH3 is 2. The van der Waals surface area contributed by atoms with Gasteiger partial charge in [0, 0.05) is 29.6 Å². The molecule has 0 saturated carbocycles. The monoisotopic (exact) mass is 821 g/mol. The molecule has 0 radical (unpaired) electrons. The molecule has 2 fully saturated rings. The zero-order valence-corrected chi connectivity index (χ0v) is 34.4. The molecule has 15 heteroatoms. The highest BCUT2D eigenvalue weighted by molar-refractivity contribution is 5.88. The molecule has 312 valence electrons. The Labute approximate surface area is 352 Å². The molecular formula is C46H47N9O6. The number of imidazole rings is 2. The van der Waals surface area contributed by atoms with E-state index in [1.165, 1.54) is 14.2 Å². The predicted molar refractivity (Wildman–Crippen MR) is 228 cm³/mol. The molecule has 15 nitrogen and oxygen atoms in total. The van der Waals surface area contributed by atoms with Gasteiger partial charge in [0.05, 0.1) is 54.7 Å². The summed E-state index contributed by atoms with van der Waals surface area (Å²) < 4.78 is 9.59. The van der Waals surface area contributed by atoms with Crippen LogP contribution in [0.3, 0.4) is 0 Å². The maximum atomic E-state index is 13.9. The summed E-state index contributed by atoms with van der Waals surface area (Å²) in [5.41, 5.74) is 6.19. The second kappa shape index (κ2) is 17.6. The molecule has 0 bridgehead atoms. The Morgan fingerprint density at radius 2 is 1.46 bits per heavy atom. The molecular weight excluding hydrogens is 775 g/mol. The zero-order chi connectivity index (χ0) is 42.6. The number of aromatic amines is 2. The average Bonchev–Trinajstić information content (AvgIpc) is 4.12. The van der Waals surface area contributed by atoms with Crippen LogP contribution in [0.1, 0.15) is 86.1 Å². The summed E-state index contributed by atoms with van der Waals surface area (Å²) in [6, 6.07) is 22.7. The minimum Gasteiger partial charge on any atom is -0.453 e. The van der Waals surface area contributed by atoms with E-state index in [1.54, 1.807) is 16.0 Å². The lowest BCUT2D eigenvalue weighted by molar-refractivity contribution is -0.135. The number of nitrogens with zero attached hydrogens (tertiary/aromatic N) is 5. The molecule has 4 unspecified atom stereocenters. The number of likely N-dealkylation sites (tertiary alicyclic amines) is 2. The van der Waals surface area contributed by atoms with E-state index in [4.69, 9.17) is 24.4 Å². The van der Waals surface area contributed by atoms with Crippen LogP contribution in [0.4, 0.5) is 9.59 Å². The van der Waals surface area contributed by atoms with Gasteiger partial charge in [0.2, 0.25) is 5.91 Å².